The highest BCUT2D eigenvalue weighted by Crippen LogP contribution is 2.58. The Morgan fingerprint density at radius 2 is 0.857 bits per heavy atom. The largest absolute Gasteiger partial charge is 0.135 e. The van der Waals surface area contributed by atoms with Gasteiger partial charge in [0.25, 0.3) is 0 Å². The zero-order chi connectivity index (χ0) is 56.3. The number of thiophene rings is 2. The van der Waals surface area contributed by atoms with E-state index in [1.165, 1.54) is 0 Å². The zero-order valence-corrected chi connectivity index (χ0v) is 34.6. The lowest BCUT2D eigenvalue weighted by Crippen LogP contribution is -2.28. The number of benzene rings is 10. The van der Waals surface area contributed by atoms with Crippen LogP contribution in [0.2, 0.25) is 0 Å². The minimum absolute atomic E-state index is 0.149. The van der Waals surface area contributed by atoms with Gasteiger partial charge in [-0.3, -0.25) is 0 Å². The van der Waals surface area contributed by atoms with E-state index in [1.807, 2.05) is 84.9 Å². The second-order valence-electron chi connectivity index (χ2n) is 15.4. The Bertz CT molecular complexity index is 4640. The zero-order valence-electron chi connectivity index (χ0n) is 49.9. The summed E-state index contributed by atoms with van der Waals surface area (Å²) < 4.78 is 164. The molecule has 0 radical (unpaired) electrons. The van der Waals surface area contributed by atoms with Gasteiger partial charge in [0, 0.05) is 40.3 Å². The summed E-state index contributed by atoms with van der Waals surface area (Å²) >= 11 is 3.28. The minimum atomic E-state index is -2.93. The predicted octanol–water partition coefficient (Wildman–Crippen LogP) is 17.5. The topological polar surface area (TPSA) is 0 Å². The molecule has 0 spiro atoms. The van der Waals surface area contributed by atoms with Gasteiger partial charge in [-0.2, -0.15) is 0 Å². The molecule has 2 aromatic heterocycles. The van der Waals surface area contributed by atoms with Crippen molar-refractivity contribution >= 4 is 63.0 Å². The van der Waals surface area contributed by atoms with Gasteiger partial charge >= 0.3 is 0 Å². The van der Waals surface area contributed by atoms with Crippen LogP contribution < -0.4 is 0 Å². The van der Waals surface area contributed by atoms with E-state index in [2.05, 4.69) is 30.3 Å². The van der Waals surface area contributed by atoms with Gasteiger partial charge in [-0.05, 0) is 120 Å². The molecule has 0 amide bonds. The first-order chi connectivity index (χ1) is 38.3. The van der Waals surface area contributed by atoms with Crippen LogP contribution in [0.1, 0.15) is 45.6 Å². The quantitative estimate of drug-likeness (QED) is 0.156. The van der Waals surface area contributed by atoms with Crippen LogP contribution in [0.25, 0.3) is 96.0 Å². The van der Waals surface area contributed by atoms with Gasteiger partial charge in [0.2, 0.25) is 0 Å². The van der Waals surface area contributed by atoms with Crippen LogP contribution in [-0.4, -0.2) is 0 Å². The van der Waals surface area contributed by atoms with Gasteiger partial charge in [-0.25, -0.2) is 0 Å². The van der Waals surface area contributed by atoms with Gasteiger partial charge in [0.15, 0.2) is 0 Å². The molecule has 1 aliphatic carbocycles. The summed E-state index contributed by atoms with van der Waals surface area (Å²) in [5.74, 6) is 0. The van der Waals surface area contributed by atoms with Crippen molar-refractivity contribution in [3.8, 4) is 55.6 Å². The molecule has 0 atom stereocenters. The summed E-state index contributed by atoms with van der Waals surface area (Å²) in [4.78, 5) is 0. The van der Waals surface area contributed by atoms with Gasteiger partial charge in [-0.15, -0.1) is 22.7 Å². The second-order valence-corrected chi connectivity index (χ2v) is 17.6. The Kier molecular flexibility index (Phi) is 5.28. The fourth-order valence-electron chi connectivity index (χ4n) is 9.50. The highest BCUT2D eigenvalue weighted by Gasteiger charge is 2.46. The van der Waals surface area contributed by atoms with Crippen LogP contribution in [0.3, 0.4) is 0 Å². The van der Waals surface area contributed by atoms with Crippen LogP contribution >= 0.6 is 22.7 Å². The number of fused-ring (bicyclic) bond motifs is 9. The Balaban J connectivity index is 1.22. The van der Waals surface area contributed by atoms with E-state index >= 15 is 0 Å². The molecular weight excluding hydrogens is 797 g/mol. The Labute approximate surface area is 398 Å². The molecule has 0 bridgehead atoms. The average Bonchev–Trinajstić information content (AvgIpc) is 4.30. The fourth-order valence-corrected chi connectivity index (χ4v) is 11.8. The molecule has 10 aromatic carbocycles. The highest BCUT2D eigenvalue weighted by molar-refractivity contribution is 7.26. The summed E-state index contributed by atoms with van der Waals surface area (Å²) in [5.41, 5.74) is -1.68. The van der Waals surface area contributed by atoms with E-state index in [0.717, 1.165) is 62.6 Å². The van der Waals surface area contributed by atoms with Crippen LogP contribution in [0, 0.1) is 0 Å². The van der Waals surface area contributed by atoms with Crippen molar-refractivity contribution in [3.05, 3.63) is 252 Å². The molecule has 0 saturated carbocycles. The molecule has 0 nitrogen and oxygen atoms in total. The lowest BCUT2D eigenvalue weighted by molar-refractivity contribution is 0.768. The van der Waals surface area contributed by atoms with Crippen LogP contribution in [-0.2, 0) is 5.41 Å². The summed E-state index contributed by atoms with van der Waals surface area (Å²) in [6, 6.07) is 27.3. The van der Waals surface area contributed by atoms with Crippen LogP contribution in [0.5, 0.6) is 0 Å². The van der Waals surface area contributed by atoms with E-state index in [-0.39, 0.29) is 16.7 Å². The molecule has 0 aliphatic heterocycles. The molecule has 0 N–H and O–H groups in total. The van der Waals surface area contributed by atoms with E-state index < -0.39 is 136 Å². The van der Waals surface area contributed by atoms with E-state index in [1.54, 1.807) is 34.8 Å². The standard InChI is InChI=1S/C61H38S2/c1-3-17-43(18-4-1)61(44-19-5-2-6-20-44)54-29-12-9-25-52(54)59-47(26-16-30-55(59)61)41-35-40(36-42(37-41)48-27-15-28-51-49-23-10-14-32-57(49)63-60(48)51)46-22-8-7-21-45(46)39-33-34-58-53(38-39)50-24-11-13-31-56(50)62-58/h1-38H/i1D,2D,3D,4D,5D,6D,9D,12D,16D,17D,18D,19D,20D,25D,26D,29D,30D. The number of rotatable bonds is 6. The molecule has 0 unspecified atom stereocenters. The lowest BCUT2D eigenvalue weighted by Gasteiger charge is -2.34. The van der Waals surface area contributed by atoms with Crippen LogP contribution in [0.4, 0.5) is 0 Å². The average molecular weight is 852 g/mol. The SMILES string of the molecule is [2H]c1c([2H])c([2H])c(C2(c3c([2H])c([2H])c([2H])c([2H])c3[2H])c3c([2H])c([2H])c([2H])c([2H])c3-c3c(-c4cc(-c5ccccc5-c5ccc6sc7ccccc7c6c5)cc(-c5cccc6c5sc5ccccc56)c4)c([2H])c([2H])c([2H])c32)c([2H])c1[2H]. The molecule has 2 heterocycles. The van der Waals surface area contributed by atoms with Crippen LogP contribution in [0.15, 0.2) is 230 Å². The van der Waals surface area contributed by atoms with Crippen molar-refractivity contribution in [1.29, 1.82) is 0 Å². The number of hydrogen-bond donors (Lipinski definition) is 0. The summed E-state index contributed by atoms with van der Waals surface area (Å²) in [6.45, 7) is 0. The number of hydrogen-bond acceptors (Lipinski definition) is 2. The molecule has 294 valence electrons. The molecule has 1 aliphatic rings. The van der Waals surface area contributed by atoms with Gasteiger partial charge < -0.3 is 0 Å². The summed E-state index contributed by atoms with van der Waals surface area (Å²) in [5, 5.41) is 4.19. The predicted molar refractivity (Wildman–Crippen MR) is 271 cm³/mol. The maximum Gasteiger partial charge on any atom is 0.0713 e. The van der Waals surface area contributed by atoms with Crippen molar-refractivity contribution in [2.24, 2.45) is 0 Å². The summed E-state index contributed by atoms with van der Waals surface area (Å²) in [7, 11) is 0. The fraction of sp³-hybridized carbons (Fsp3) is 0.0164. The third kappa shape index (κ3) is 5.52. The second kappa shape index (κ2) is 14.4. The first kappa shape index (κ1) is 23.2. The molecule has 0 saturated heterocycles. The van der Waals surface area contributed by atoms with Crippen molar-refractivity contribution in [3.63, 3.8) is 0 Å². The smallest absolute Gasteiger partial charge is 0.0713 e. The molecule has 13 rings (SSSR count). The van der Waals surface area contributed by atoms with E-state index in [9.17, 15) is 15.1 Å². The van der Waals surface area contributed by atoms with Crippen molar-refractivity contribution in [2.45, 2.75) is 5.41 Å². The molecule has 12 aromatic rings. The third-order valence-corrected chi connectivity index (χ3v) is 14.5. The Hall–Kier alpha value is -7.36. The minimum Gasteiger partial charge on any atom is -0.135 e. The molecule has 0 fully saturated rings. The highest BCUT2D eigenvalue weighted by atomic mass is 32.1. The molecule has 2 heteroatoms. The normalized spacial score (nSPS) is 16.7. The first-order valence-corrected chi connectivity index (χ1v) is 21.9. The Morgan fingerprint density at radius 3 is 1.60 bits per heavy atom. The van der Waals surface area contributed by atoms with Gasteiger partial charge in [-0.1, -0.05) is 188 Å². The maximum absolute atomic E-state index is 10.0. The maximum atomic E-state index is 10.0. The van der Waals surface area contributed by atoms with Crippen molar-refractivity contribution < 1.29 is 23.3 Å². The monoisotopic (exact) mass is 851 g/mol. The third-order valence-electron chi connectivity index (χ3n) is 12.2. The van der Waals surface area contributed by atoms with E-state index in [4.69, 9.17) is 8.22 Å². The van der Waals surface area contributed by atoms with Gasteiger partial charge in [0.1, 0.15) is 0 Å². The lowest BCUT2D eigenvalue weighted by atomic mass is 9.67. The van der Waals surface area contributed by atoms with Gasteiger partial charge in [0.05, 0.1) is 28.7 Å². The molecule has 63 heavy (non-hydrogen) atoms. The van der Waals surface area contributed by atoms with Crippen molar-refractivity contribution in [1.82, 2.24) is 0 Å². The van der Waals surface area contributed by atoms with Crippen molar-refractivity contribution in [2.75, 3.05) is 0 Å². The Morgan fingerprint density at radius 1 is 0.333 bits per heavy atom. The summed E-state index contributed by atoms with van der Waals surface area (Å²) in [6.07, 6.45) is 0. The van der Waals surface area contributed by atoms with E-state index in [0.29, 0.717) is 11.1 Å². The molecular formula is C61H38S2. The first-order valence-electron chi connectivity index (χ1n) is 28.8.